The van der Waals surface area contributed by atoms with Crippen LogP contribution in [0.1, 0.15) is 23.7 Å². The van der Waals surface area contributed by atoms with Crippen molar-refractivity contribution in [1.82, 2.24) is 14.3 Å². The van der Waals surface area contributed by atoms with E-state index in [0.29, 0.717) is 18.8 Å². The fourth-order valence-corrected chi connectivity index (χ4v) is 4.74. The Morgan fingerprint density at radius 3 is 2.39 bits per heavy atom. The molecule has 4 rings (SSSR count). The zero-order chi connectivity index (χ0) is 21.8. The van der Waals surface area contributed by atoms with Gasteiger partial charge in [-0.15, -0.1) is 0 Å². The number of aromatic nitrogens is 2. The molecule has 2 aromatic carbocycles. The standard InChI is InChI=1S/C24H26N4O2S/c1-3-27(2)24-21-18-28(31(29,30)17-15-19-10-6-4-7-11-19)16-14-22(21)25-23(26-24)20-12-8-5-9-13-20/h4-13,15,17H,3,14,16,18H2,1-2H3/b17-15+. The van der Waals surface area contributed by atoms with Crippen molar-refractivity contribution in [3.05, 3.63) is 82.9 Å². The number of fused-ring (bicyclic) bond motifs is 1. The van der Waals surface area contributed by atoms with E-state index in [9.17, 15) is 8.42 Å². The number of benzene rings is 2. The summed E-state index contributed by atoms with van der Waals surface area (Å²) in [7, 11) is -1.58. The molecule has 1 aromatic heterocycles. The van der Waals surface area contributed by atoms with Crippen molar-refractivity contribution in [2.24, 2.45) is 0 Å². The van der Waals surface area contributed by atoms with E-state index in [1.807, 2.05) is 72.6 Å². The quantitative estimate of drug-likeness (QED) is 0.588. The van der Waals surface area contributed by atoms with Crippen LogP contribution in [0, 0.1) is 0 Å². The molecule has 31 heavy (non-hydrogen) atoms. The number of sulfonamides is 1. The first-order chi connectivity index (χ1) is 15.0. The number of hydrogen-bond acceptors (Lipinski definition) is 5. The number of nitrogens with zero attached hydrogens (tertiary/aromatic N) is 4. The molecule has 160 valence electrons. The first kappa shape index (κ1) is 21.2. The third-order valence-corrected chi connectivity index (χ3v) is 6.97. The minimum atomic E-state index is -3.56. The molecule has 7 heteroatoms. The van der Waals surface area contributed by atoms with Crippen LogP contribution in [0.25, 0.3) is 17.5 Å². The molecule has 0 amide bonds. The highest BCUT2D eigenvalue weighted by Gasteiger charge is 2.29. The summed E-state index contributed by atoms with van der Waals surface area (Å²) in [6.45, 7) is 3.48. The Morgan fingerprint density at radius 1 is 1.03 bits per heavy atom. The maximum atomic E-state index is 13.0. The van der Waals surface area contributed by atoms with Gasteiger partial charge in [-0.05, 0) is 18.6 Å². The molecule has 1 aliphatic rings. The summed E-state index contributed by atoms with van der Waals surface area (Å²) in [5, 5.41) is 1.29. The van der Waals surface area contributed by atoms with Gasteiger partial charge in [0.2, 0.25) is 10.0 Å². The Labute approximate surface area is 183 Å². The lowest BCUT2D eigenvalue weighted by Crippen LogP contribution is -2.36. The van der Waals surface area contributed by atoms with Crippen LogP contribution in [0.5, 0.6) is 0 Å². The smallest absolute Gasteiger partial charge is 0.236 e. The Kier molecular flexibility index (Phi) is 6.15. The number of anilines is 1. The highest BCUT2D eigenvalue weighted by molar-refractivity contribution is 7.92. The second-order valence-electron chi connectivity index (χ2n) is 7.52. The molecule has 0 aliphatic carbocycles. The predicted molar refractivity (Wildman–Crippen MR) is 125 cm³/mol. The van der Waals surface area contributed by atoms with E-state index in [4.69, 9.17) is 9.97 Å². The fraction of sp³-hybridized carbons (Fsp3) is 0.250. The molecule has 1 aliphatic heterocycles. The minimum absolute atomic E-state index is 0.269. The summed E-state index contributed by atoms with van der Waals surface area (Å²) >= 11 is 0. The third-order valence-electron chi connectivity index (χ3n) is 5.46. The van der Waals surface area contributed by atoms with E-state index in [0.717, 1.165) is 34.7 Å². The van der Waals surface area contributed by atoms with Gasteiger partial charge in [0.05, 0.1) is 5.69 Å². The van der Waals surface area contributed by atoms with Crippen LogP contribution in [0.15, 0.2) is 66.1 Å². The second-order valence-corrected chi connectivity index (χ2v) is 9.34. The summed E-state index contributed by atoms with van der Waals surface area (Å²) in [5.74, 6) is 1.47. The predicted octanol–water partition coefficient (Wildman–Crippen LogP) is 3.96. The zero-order valence-corrected chi connectivity index (χ0v) is 18.6. The normalized spacial score (nSPS) is 14.5. The van der Waals surface area contributed by atoms with Gasteiger partial charge < -0.3 is 4.90 Å². The summed E-state index contributed by atoms with van der Waals surface area (Å²) in [5.41, 5.74) is 3.61. The largest absolute Gasteiger partial charge is 0.360 e. The van der Waals surface area contributed by atoms with E-state index in [1.54, 1.807) is 6.08 Å². The molecule has 6 nitrogen and oxygen atoms in total. The zero-order valence-electron chi connectivity index (χ0n) is 17.8. The van der Waals surface area contributed by atoms with Gasteiger partial charge >= 0.3 is 0 Å². The number of hydrogen-bond donors (Lipinski definition) is 0. The molecule has 0 unspecified atom stereocenters. The molecule has 0 bridgehead atoms. The van der Waals surface area contributed by atoms with Crippen LogP contribution in [-0.4, -0.2) is 42.8 Å². The molecular formula is C24H26N4O2S. The average molecular weight is 435 g/mol. The van der Waals surface area contributed by atoms with Crippen LogP contribution in [-0.2, 0) is 23.0 Å². The lowest BCUT2D eigenvalue weighted by atomic mass is 10.1. The summed E-state index contributed by atoms with van der Waals surface area (Å²) in [4.78, 5) is 11.7. The van der Waals surface area contributed by atoms with Gasteiger partial charge in [-0.25, -0.2) is 18.4 Å². The van der Waals surface area contributed by atoms with Crippen LogP contribution in [0.2, 0.25) is 0 Å². The van der Waals surface area contributed by atoms with E-state index in [1.165, 1.54) is 9.71 Å². The monoisotopic (exact) mass is 434 g/mol. The highest BCUT2D eigenvalue weighted by Crippen LogP contribution is 2.30. The Bertz CT molecular complexity index is 1180. The van der Waals surface area contributed by atoms with E-state index < -0.39 is 10.0 Å². The average Bonchev–Trinajstić information content (AvgIpc) is 2.82. The van der Waals surface area contributed by atoms with E-state index >= 15 is 0 Å². The molecule has 2 heterocycles. The summed E-state index contributed by atoms with van der Waals surface area (Å²) in [6.07, 6.45) is 2.19. The van der Waals surface area contributed by atoms with Crippen LogP contribution in [0.3, 0.4) is 0 Å². The molecule has 0 atom stereocenters. The van der Waals surface area contributed by atoms with Crippen LogP contribution >= 0.6 is 0 Å². The molecular weight excluding hydrogens is 408 g/mol. The van der Waals surface area contributed by atoms with Crippen molar-refractivity contribution >= 4 is 21.9 Å². The van der Waals surface area contributed by atoms with Gasteiger partial charge in [-0.1, -0.05) is 60.7 Å². The van der Waals surface area contributed by atoms with Gasteiger partial charge in [-0.2, -0.15) is 4.31 Å². The van der Waals surface area contributed by atoms with E-state index in [-0.39, 0.29) is 6.54 Å². The maximum absolute atomic E-state index is 13.0. The maximum Gasteiger partial charge on any atom is 0.236 e. The van der Waals surface area contributed by atoms with Crippen molar-refractivity contribution in [3.8, 4) is 11.4 Å². The van der Waals surface area contributed by atoms with Crippen molar-refractivity contribution in [3.63, 3.8) is 0 Å². The van der Waals surface area contributed by atoms with Crippen molar-refractivity contribution in [2.75, 3.05) is 25.0 Å². The van der Waals surface area contributed by atoms with Crippen LogP contribution in [0.4, 0.5) is 5.82 Å². The molecule has 3 aromatic rings. The molecule has 0 saturated heterocycles. The van der Waals surface area contributed by atoms with Gasteiger partial charge in [0.1, 0.15) is 5.82 Å². The van der Waals surface area contributed by atoms with Crippen LogP contribution < -0.4 is 4.90 Å². The minimum Gasteiger partial charge on any atom is -0.360 e. The highest BCUT2D eigenvalue weighted by atomic mass is 32.2. The lowest BCUT2D eigenvalue weighted by Gasteiger charge is -2.30. The van der Waals surface area contributed by atoms with Crippen molar-refractivity contribution in [1.29, 1.82) is 0 Å². The Morgan fingerprint density at radius 2 is 1.71 bits per heavy atom. The molecule has 0 N–H and O–H groups in total. The van der Waals surface area contributed by atoms with Gasteiger partial charge in [-0.3, -0.25) is 0 Å². The Balaban J connectivity index is 1.67. The van der Waals surface area contributed by atoms with Crippen molar-refractivity contribution < 1.29 is 8.42 Å². The first-order valence-electron chi connectivity index (χ1n) is 10.4. The van der Waals surface area contributed by atoms with Gasteiger partial charge in [0, 0.05) is 49.6 Å². The molecule has 0 spiro atoms. The molecule has 0 radical (unpaired) electrons. The van der Waals surface area contributed by atoms with Crippen molar-refractivity contribution in [2.45, 2.75) is 19.9 Å². The number of rotatable bonds is 6. The first-order valence-corrected chi connectivity index (χ1v) is 11.9. The Hall–Kier alpha value is -3.03. The third kappa shape index (κ3) is 4.68. The summed E-state index contributed by atoms with van der Waals surface area (Å²) in [6, 6.07) is 19.3. The second kappa shape index (κ2) is 8.99. The fourth-order valence-electron chi connectivity index (χ4n) is 3.59. The molecule has 0 fully saturated rings. The van der Waals surface area contributed by atoms with E-state index in [2.05, 4.69) is 6.92 Å². The summed E-state index contributed by atoms with van der Waals surface area (Å²) < 4.78 is 27.5. The lowest BCUT2D eigenvalue weighted by molar-refractivity contribution is 0.392. The topological polar surface area (TPSA) is 66.4 Å². The van der Waals surface area contributed by atoms with Gasteiger partial charge in [0.25, 0.3) is 0 Å². The SMILES string of the molecule is CCN(C)c1nc(-c2ccccc2)nc2c1CN(S(=O)(=O)/C=C/c1ccccc1)CC2. The molecule has 0 saturated carbocycles. The van der Waals surface area contributed by atoms with Gasteiger partial charge in [0.15, 0.2) is 5.82 Å².